The Morgan fingerprint density at radius 3 is 2.57 bits per heavy atom. The van der Waals surface area contributed by atoms with E-state index in [0.29, 0.717) is 28.2 Å². The summed E-state index contributed by atoms with van der Waals surface area (Å²) >= 11 is 1.33. The van der Waals surface area contributed by atoms with Crippen LogP contribution < -0.4 is 9.47 Å². The number of ether oxygens (including phenoxy) is 2. The third kappa shape index (κ3) is 3.75. The fourth-order valence-corrected chi connectivity index (χ4v) is 4.28. The molecular weight excluding hydrogens is 376 g/mol. The molecule has 4 rings (SSSR count). The van der Waals surface area contributed by atoms with Crippen molar-refractivity contribution < 1.29 is 18.7 Å². The topological polar surface area (TPSA) is 74.5 Å². The minimum absolute atomic E-state index is 0.126. The monoisotopic (exact) mass is 396 g/mol. The smallest absolute Gasteiger partial charge is 0.277 e. The van der Waals surface area contributed by atoms with Crippen LogP contribution in [0.15, 0.2) is 52.1 Å². The molecule has 0 N–H and O–H groups in total. The Balaban J connectivity index is 1.56. The fourth-order valence-electron chi connectivity index (χ4n) is 3.30. The van der Waals surface area contributed by atoms with Gasteiger partial charge in [0.2, 0.25) is 5.89 Å². The number of benzene rings is 2. The number of Topliss-reactive ketones (excluding diaryl/α,β-unsaturated/α-hetero) is 1. The molecule has 1 atom stereocenters. The molecule has 6 nitrogen and oxygen atoms in total. The van der Waals surface area contributed by atoms with Crippen molar-refractivity contribution in [1.82, 2.24) is 10.2 Å². The molecule has 1 unspecified atom stereocenters. The van der Waals surface area contributed by atoms with Gasteiger partial charge in [-0.05, 0) is 37.0 Å². The van der Waals surface area contributed by atoms with E-state index in [4.69, 9.17) is 13.9 Å². The molecule has 1 aliphatic carbocycles. The van der Waals surface area contributed by atoms with E-state index in [2.05, 4.69) is 10.2 Å². The minimum atomic E-state index is -0.225. The van der Waals surface area contributed by atoms with E-state index < -0.39 is 0 Å². The number of aryl methyl sites for hydroxylation is 1. The van der Waals surface area contributed by atoms with Crippen LogP contribution in [0, 0.1) is 0 Å². The van der Waals surface area contributed by atoms with Crippen LogP contribution in [0.2, 0.25) is 0 Å². The zero-order chi connectivity index (χ0) is 19.5. The summed E-state index contributed by atoms with van der Waals surface area (Å²) in [5.74, 6) is 1.76. The predicted molar refractivity (Wildman–Crippen MR) is 106 cm³/mol. The third-order valence-corrected chi connectivity index (χ3v) is 5.84. The average molecular weight is 396 g/mol. The quantitative estimate of drug-likeness (QED) is 0.591. The summed E-state index contributed by atoms with van der Waals surface area (Å²) in [7, 11) is 3.17. The number of ketones is 1. The lowest BCUT2D eigenvalue weighted by Crippen LogP contribution is -2.16. The van der Waals surface area contributed by atoms with Gasteiger partial charge < -0.3 is 13.9 Å². The maximum Gasteiger partial charge on any atom is 0.277 e. The van der Waals surface area contributed by atoms with Crippen molar-refractivity contribution in [2.75, 3.05) is 14.2 Å². The molecule has 1 aromatic heterocycles. The van der Waals surface area contributed by atoms with Gasteiger partial charge in [-0.25, -0.2) is 0 Å². The number of methoxy groups -OCH3 is 2. The van der Waals surface area contributed by atoms with Crippen LogP contribution >= 0.6 is 11.8 Å². The Labute approximate surface area is 167 Å². The van der Waals surface area contributed by atoms with Crippen LogP contribution in [0.5, 0.6) is 11.5 Å². The fraction of sp³-hybridized carbons (Fsp3) is 0.286. The second kappa shape index (κ2) is 8.06. The number of fused-ring (bicyclic) bond motifs is 1. The van der Waals surface area contributed by atoms with E-state index in [-0.39, 0.29) is 11.0 Å². The lowest BCUT2D eigenvalue weighted by molar-refractivity contribution is 0.0988. The molecule has 0 aliphatic heterocycles. The van der Waals surface area contributed by atoms with Crippen molar-refractivity contribution in [3.63, 3.8) is 0 Å². The number of thioether (sulfide) groups is 1. The van der Waals surface area contributed by atoms with Crippen LogP contribution in [-0.4, -0.2) is 35.5 Å². The Morgan fingerprint density at radius 1 is 1.07 bits per heavy atom. The van der Waals surface area contributed by atoms with Crippen LogP contribution in [0.1, 0.15) is 28.8 Å². The molecule has 28 heavy (non-hydrogen) atoms. The van der Waals surface area contributed by atoms with Gasteiger partial charge in [0.1, 0.15) is 11.5 Å². The first-order chi connectivity index (χ1) is 13.7. The Hall–Kier alpha value is -2.80. The number of carbonyl (C=O) groups is 1. The largest absolute Gasteiger partial charge is 0.497 e. The van der Waals surface area contributed by atoms with Crippen LogP contribution in [0.4, 0.5) is 0 Å². The SMILES string of the molecule is COc1cc(OC)cc(-c2nnc(SC3CCCc4ccccc4C3=O)o2)c1. The summed E-state index contributed by atoms with van der Waals surface area (Å²) in [6.45, 7) is 0. The molecule has 1 heterocycles. The minimum Gasteiger partial charge on any atom is -0.497 e. The molecule has 1 aliphatic rings. The summed E-state index contributed by atoms with van der Waals surface area (Å²) in [4.78, 5) is 12.9. The number of nitrogens with zero attached hydrogens (tertiary/aromatic N) is 2. The van der Waals surface area contributed by atoms with Crippen molar-refractivity contribution in [1.29, 1.82) is 0 Å². The van der Waals surface area contributed by atoms with Crippen molar-refractivity contribution in [3.05, 3.63) is 53.6 Å². The first-order valence-corrected chi connectivity index (χ1v) is 9.91. The highest BCUT2D eigenvalue weighted by atomic mass is 32.2. The molecule has 0 amide bonds. The standard InChI is InChI=1S/C21H20N2O4S/c1-25-15-10-14(11-16(12-15)26-2)20-22-23-21(27-20)28-18-9-5-7-13-6-3-4-8-17(13)19(18)24/h3-4,6,8,10-12,18H,5,7,9H2,1-2H3. The molecule has 0 saturated carbocycles. The van der Waals surface area contributed by atoms with E-state index in [0.717, 1.165) is 30.4 Å². The highest BCUT2D eigenvalue weighted by Gasteiger charge is 2.28. The molecule has 144 valence electrons. The number of hydrogen-bond acceptors (Lipinski definition) is 7. The van der Waals surface area contributed by atoms with Crippen molar-refractivity contribution in [2.45, 2.75) is 29.7 Å². The number of carbonyl (C=O) groups excluding carboxylic acids is 1. The molecule has 0 saturated heterocycles. The van der Waals surface area contributed by atoms with E-state index >= 15 is 0 Å². The maximum absolute atomic E-state index is 12.9. The molecule has 0 radical (unpaired) electrons. The van der Waals surface area contributed by atoms with Gasteiger partial charge in [0, 0.05) is 17.2 Å². The van der Waals surface area contributed by atoms with Gasteiger partial charge in [-0.3, -0.25) is 4.79 Å². The predicted octanol–water partition coefficient (Wildman–Crippen LogP) is 4.43. The van der Waals surface area contributed by atoms with Gasteiger partial charge >= 0.3 is 0 Å². The number of hydrogen-bond donors (Lipinski definition) is 0. The number of aromatic nitrogens is 2. The van der Waals surface area contributed by atoms with Gasteiger partial charge in [-0.1, -0.05) is 36.0 Å². The van der Waals surface area contributed by atoms with Crippen LogP contribution in [-0.2, 0) is 6.42 Å². The van der Waals surface area contributed by atoms with Gasteiger partial charge in [0.25, 0.3) is 5.22 Å². The molecular formula is C21H20N2O4S. The first-order valence-electron chi connectivity index (χ1n) is 9.03. The van der Waals surface area contributed by atoms with E-state index in [1.54, 1.807) is 32.4 Å². The van der Waals surface area contributed by atoms with Crippen LogP contribution in [0.25, 0.3) is 11.5 Å². The Morgan fingerprint density at radius 2 is 1.82 bits per heavy atom. The van der Waals surface area contributed by atoms with Gasteiger partial charge in [0.05, 0.1) is 19.5 Å². The van der Waals surface area contributed by atoms with Gasteiger partial charge in [0.15, 0.2) is 5.78 Å². The highest BCUT2D eigenvalue weighted by Crippen LogP contribution is 2.35. The maximum atomic E-state index is 12.9. The van der Waals surface area contributed by atoms with Crippen molar-refractivity contribution in [2.24, 2.45) is 0 Å². The molecule has 0 fully saturated rings. The molecule has 2 aromatic carbocycles. The zero-order valence-corrected chi connectivity index (χ0v) is 16.5. The van der Waals surface area contributed by atoms with Crippen molar-refractivity contribution in [3.8, 4) is 23.0 Å². The molecule has 0 spiro atoms. The van der Waals surface area contributed by atoms with E-state index in [9.17, 15) is 4.79 Å². The molecule has 0 bridgehead atoms. The second-order valence-electron chi connectivity index (χ2n) is 6.49. The lowest BCUT2D eigenvalue weighted by Gasteiger charge is -2.10. The lowest BCUT2D eigenvalue weighted by atomic mass is 10.0. The summed E-state index contributed by atoms with van der Waals surface area (Å²) in [6, 6.07) is 13.2. The zero-order valence-electron chi connectivity index (χ0n) is 15.7. The summed E-state index contributed by atoms with van der Waals surface area (Å²) in [6.07, 6.45) is 2.65. The summed E-state index contributed by atoms with van der Waals surface area (Å²) in [5.41, 5.74) is 2.62. The summed E-state index contributed by atoms with van der Waals surface area (Å²) < 4.78 is 16.4. The summed E-state index contributed by atoms with van der Waals surface area (Å²) in [5, 5.41) is 8.43. The van der Waals surface area contributed by atoms with Gasteiger partial charge in [-0.2, -0.15) is 0 Å². The number of rotatable bonds is 5. The average Bonchev–Trinajstić information content (AvgIpc) is 3.15. The van der Waals surface area contributed by atoms with Crippen molar-refractivity contribution >= 4 is 17.5 Å². The van der Waals surface area contributed by atoms with Crippen LogP contribution in [0.3, 0.4) is 0 Å². The molecule has 7 heteroatoms. The van der Waals surface area contributed by atoms with Gasteiger partial charge in [-0.15, -0.1) is 10.2 Å². The van der Waals surface area contributed by atoms with E-state index in [1.807, 2.05) is 24.3 Å². The first kappa shape index (κ1) is 18.6. The third-order valence-electron chi connectivity index (χ3n) is 4.74. The van der Waals surface area contributed by atoms with E-state index in [1.165, 1.54) is 11.8 Å². The molecule has 3 aromatic rings. The highest BCUT2D eigenvalue weighted by molar-refractivity contribution is 8.00. The normalized spacial score (nSPS) is 16.4. The Kier molecular flexibility index (Phi) is 5.34. The second-order valence-corrected chi connectivity index (χ2v) is 7.65. The Bertz CT molecular complexity index is 979.